The lowest BCUT2D eigenvalue weighted by Crippen LogP contribution is -2.26. The van der Waals surface area contributed by atoms with E-state index in [2.05, 4.69) is 45.9 Å². The van der Waals surface area contributed by atoms with Crippen LogP contribution >= 0.6 is 27.3 Å². The third kappa shape index (κ3) is 4.53. The maximum atomic E-state index is 5.64. The molecular weight excluding hydrogens is 286 g/mol. The molecule has 0 aliphatic heterocycles. The van der Waals surface area contributed by atoms with E-state index >= 15 is 0 Å². The SMILES string of the molecule is CCCNC(COCCC)c1cscc1Br. The van der Waals surface area contributed by atoms with Crippen molar-refractivity contribution in [1.82, 2.24) is 5.32 Å². The van der Waals surface area contributed by atoms with Gasteiger partial charge in [0.2, 0.25) is 0 Å². The molecule has 1 aromatic rings. The number of thiophene rings is 1. The van der Waals surface area contributed by atoms with Gasteiger partial charge >= 0.3 is 0 Å². The van der Waals surface area contributed by atoms with E-state index in [0.29, 0.717) is 6.04 Å². The van der Waals surface area contributed by atoms with Crippen molar-refractivity contribution in [2.45, 2.75) is 32.7 Å². The molecule has 0 bridgehead atoms. The van der Waals surface area contributed by atoms with Crippen LogP contribution in [-0.2, 0) is 4.74 Å². The molecule has 0 aliphatic rings. The number of halogens is 1. The molecule has 0 aromatic carbocycles. The second kappa shape index (κ2) is 8.23. The number of hydrogen-bond donors (Lipinski definition) is 1. The van der Waals surface area contributed by atoms with Crippen molar-refractivity contribution < 1.29 is 4.74 Å². The molecule has 1 atom stereocenters. The summed E-state index contributed by atoms with van der Waals surface area (Å²) >= 11 is 5.31. The minimum Gasteiger partial charge on any atom is -0.379 e. The van der Waals surface area contributed by atoms with Gasteiger partial charge in [-0.05, 0) is 46.3 Å². The smallest absolute Gasteiger partial charge is 0.0662 e. The van der Waals surface area contributed by atoms with Crippen LogP contribution in [-0.4, -0.2) is 19.8 Å². The van der Waals surface area contributed by atoms with Gasteiger partial charge < -0.3 is 10.1 Å². The fraction of sp³-hybridized carbons (Fsp3) is 0.667. The van der Waals surface area contributed by atoms with E-state index in [0.717, 1.165) is 32.6 Å². The van der Waals surface area contributed by atoms with E-state index in [1.54, 1.807) is 11.3 Å². The van der Waals surface area contributed by atoms with Crippen molar-refractivity contribution in [3.63, 3.8) is 0 Å². The molecule has 0 fully saturated rings. The maximum Gasteiger partial charge on any atom is 0.0662 e. The van der Waals surface area contributed by atoms with E-state index in [1.807, 2.05) is 0 Å². The topological polar surface area (TPSA) is 21.3 Å². The molecule has 92 valence electrons. The summed E-state index contributed by atoms with van der Waals surface area (Å²) in [5, 5.41) is 7.83. The monoisotopic (exact) mass is 305 g/mol. The van der Waals surface area contributed by atoms with Crippen LogP contribution in [0.15, 0.2) is 15.2 Å². The van der Waals surface area contributed by atoms with Gasteiger partial charge in [-0.1, -0.05) is 13.8 Å². The quantitative estimate of drug-likeness (QED) is 0.734. The molecule has 4 heteroatoms. The average Bonchev–Trinajstić information content (AvgIpc) is 2.70. The molecule has 0 saturated heterocycles. The predicted octanol–water partition coefficient (Wildman–Crippen LogP) is 3.98. The Morgan fingerprint density at radius 1 is 1.38 bits per heavy atom. The van der Waals surface area contributed by atoms with Gasteiger partial charge in [0.1, 0.15) is 0 Å². The molecule has 0 spiro atoms. The van der Waals surface area contributed by atoms with Crippen molar-refractivity contribution in [2.75, 3.05) is 19.8 Å². The van der Waals surface area contributed by atoms with E-state index in [-0.39, 0.29) is 0 Å². The summed E-state index contributed by atoms with van der Waals surface area (Å²) in [4.78, 5) is 0. The maximum absolute atomic E-state index is 5.64. The highest BCUT2D eigenvalue weighted by atomic mass is 79.9. The first-order valence-electron chi connectivity index (χ1n) is 5.82. The second-order valence-corrected chi connectivity index (χ2v) is 5.35. The number of ether oxygens (including phenoxy) is 1. The van der Waals surface area contributed by atoms with Gasteiger partial charge in [-0.25, -0.2) is 0 Å². The van der Waals surface area contributed by atoms with E-state index < -0.39 is 0 Å². The Hall–Kier alpha value is 0.100. The third-order valence-electron chi connectivity index (χ3n) is 2.29. The van der Waals surface area contributed by atoms with E-state index in [4.69, 9.17) is 4.74 Å². The third-order valence-corrected chi connectivity index (χ3v) is 4.04. The van der Waals surface area contributed by atoms with Crippen molar-refractivity contribution in [3.8, 4) is 0 Å². The zero-order chi connectivity index (χ0) is 11.8. The molecule has 1 rings (SSSR count). The Morgan fingerprint density at radius 2 is 2.19 bits per heavy atom. The summed E-state index contributed by atoms with van der Waals surface area (Å²) in [7, 11) is 0. The number of nitrogens with one attached hydrogen (secondary N) is 1. The summed E-state index contributed by atoms with van der Waals surface area (Å²) in [6, 6.07) is 0.312. The highest BCUT2D eigenvalue weighted by Gasteiger charge is 2.14. The molecule has 16 heavy (non-hydrogen) atoms. The Bertz CT molecular complexity index is 290. The lowest BCUT2D eigenvalue weighted by molar-refractivity contribution is 0.112. The van der Waals surface area contributed by atoms with Crippen LogP contribution in [0.4, 0.5) is 0 Å². The van der Waals surface area contributed by atoms with Crippen molar-refractivity contribution in [1.29, 1.82) is 0 Å². The molecule has 1 unspecified atom stereocenters. The van der Waals surface area contributed by atoms with Gasteiger partial charge in [0.15, 0.2) is 0 Å². The van der Waals surface area contributed by atoms with Crippen molar-refractivity contribution in [2.24, 2.45) is 0 Å². The minimum absolute atomic E-state index is 0.312. The molecule has 0 amide bonds. The largest absolute Gasteiger partial charge is 0.379 e. The van der Waals surface area contributed by atoms with Crippen molar-refractivity contribution in [3.05, 3.63) is 20.8 Å². The van der Waals surface area contributed by atoms with E-state index in [1.165, 1.54) is 10.0 Å². The molecule has 1 heterocycles. The van der Waals surface area contributed by atoms with Crippen LogP contribution in [0.1, 0.15) is 38.3 Å². The highest BCUT2D eigenvalue weighted by molar-refractivity contribution is 9.10. The fourth-order valence-electron chi connectivity index (χ4n) is 1.46. The van der Waals surface area contributed by atoms with E-state index in [9.17, 15) is 0 Å². The summed E-state index contributed by atoms with van der Waals surface area (Å²) in [6.45, 7) is 6.94. The van der Waals surface area contributed by atoms with Gasteiger partial charge in [-0.2, -0.15) is 11.3 Å². The van der Waals surface area contributed by atoms with Crippen LogP contribution < -0.4 is 5.32 Å². The first-order chi connectivity index (χ1) is 7.79. The van der Waals surface area contributed by atoms with Gasteiger partial charge in [-0.3, -0.25) is 0 Å². The molecular formula is C12H20BrNOS. The molecule has 0 aliphatic carbocycles. The Kier molecular flexibility index (Phi) is 7.28. The summed E-state index contributed by atoms with van der Waals surface area (Å²) in [5.74, 6) is 0. The standard InChI is InChI=1S/C12H20BrNOS/c1-3-5-14-12(7-15-6-4-2)10-8-16-9-11(10)13/h8-9,12,14H,3-7H2,1-2H3. The average molecular weight is 306 g/mol. The lowest BCUT2D eigenvalue weighted by atomic mass is 10.1. The van der Waals surface area contributed by atoms with Gasteiger partial charge in [0.05, 0.1) is 12.6 Å². The normalized spacial score (nSPS) is 12.9. The molecule has 1 N–H and O–H groups in total. The predicted molar refractivity (Wildman–Crippen MR) is 74.2 cm³/mol. The lowest BCUT2D eigenvalue weighted by Gasteiger charge is -2.18. The second-order valence-electron chi connectivity index (χ2n) is 3.76. The zero-order valence-electron chi connectivity index (χ0n) is 9.96. The van der Waals surface area contributed by atoms with Gasteiger partial charge in [-0.15, -0.1) is 0 Å². The summed E-state index contributed by atoms with van der Waals surface area (Å²) in [5.41, 5.74) is 1.31. The Balaban J connectivity index is 2.53. The van der Waals surface area contributed by atoms with Gasteiger partial charge in [0, 0.05) is 16.5 Å². The molecule has 2 nitrogen and oxygen atoms in total. The minimum atomic E-state index is 0.312. The highest BCUT2D eigenvalue weighted by Crippen LogP contribution is 2.27. The van der Waals surface area contributed by atoms with Crippen LogP contribution in [0, 0.1) is 0 Å². The fourth-order valence-corrected chi connectivity index (χ4v) is 3.09. The van der Waals surface area contributed by atoms with Crippen LogP contribution in [0.3, 0.4) is 0 Å². The van der Waals surface area contributed by atoms with Crippen LogP contribution in [0.5, 0.6) is 0 Å². The van der Waals surface area contributed by atoms with Crippen LogP contribution in [0.25, 0.3) is 0 Å². The summed E-state index contributed by atoms with van der Waals surface area (Å²) in [6.07, 6.45) is 2.22. The summed E-state index contributed by atoms with van der Waals surface area (Å²) < 4.78 is 6.83. The first-order valence-corrected chi connectivity index (χ1v) is 7.55. The number of hydrogen-bond acceptors (Lipinski definition) is 3. The van der Waals surface area contributed by atoms with Crippen LogP contribution in [0.2, 0.25) is 0 Å². The Labute approximate surface area is 111 Å². The van der Waals surface area contributed by atoms with Crippen molar-refractivity contribution >= 4 is 27.3 Å². The molecule has 0 saturated carbocycles. The Morgan fingerprint density at radius 3 is 2.75 bits per heavy atom. The zero-order valence-corrected chi connectivity index (χ0v) is 12.4. The van der Waals surface area contributed by atoms with Gasteiger partial charge in [0.25, 0.3) is 0 Å². The molecule has 0 radical (unpaired) electrons. The molecule has 1 aromatic heterocycles. The first kappa shape index (κ1) is 14.2. The number of rotatable bonds is 8.